The summed E-state index contributed by atoms with van der Waals surface area (Å²) in [6, 6.07) is 12.7. The first-order valence-corrected chi connectivity index (χ1v) is 8.31. The first kappa shape index (κ1) is 16.6. The van der Waals surface area contributed by atoms with Gasteiger partial charge in [-0.25, -0.2) is 4.39 Å². The van der Waals surface area contributed by atoms with Gasteiger partial charge in [0.1, 0.15) is 5.82 Å². The second-order valence-corrected chi connectivity index (χ2v) is 6.37. The number of pyridine rings is 1. The molecule has 0 atom stereocenters. The van der Waals surface area contributed by atoms with Crippen LogP contribution in [0.15, 0.2) is 42.5 Å². The molecule has 0 radical (unpaired) electrons. The summed E-state index contributed by atoms with van der Waals surface area (Å²) in [4.78, 5) is 17.9. The van der Waals surface area contributed by atoms with Crippen molar-refractivity contribution < 1.29 is 9.18 Å². The first-order valence-electron chi connectivity index (χ1n) is 8.31. The van der Waals surface area contributed by atoms with E-state index in [2.05, 4.69) is 11.0 Å². The number of aromatic nitrogens is 1. The zero-order chi connectivity index (χ0) is 16.9. The highest BCUT2D eigenvalue weighted by Gasteiger charge is 2.22. The molecule has 1 aliphatic rings. The number of benzene rings is 1. The highest BCUT2D eigenvalue weighted by Crippen LogP contribution is 2.27. The molecular weight excluding hydrogens is 305 g/mol. The Hall–Kier alpha value is -2.27. The fourth-order valence-electron chi connectivity index (χ4n) is 3.24. The third kappa shape index (κ3) is 4.38. The van der Waals surface area contributed by atoms with Crippen LogP contribution in [-0.4, -0.2) is 35.4 Å². The van der Waals surface area contributed by atoms with E-state index in [0.717, 1.165) is 42.9 Å². The molecule has 2 aromatic rings. The van der Waals surface area contributed by atoms with Crippen LogP contribution < -0.4 is 5.73 Å². The summed E-state index contributed by atoms with van der Waals surface area (Å²) in [5.74, 6) is -0.0710. The minimum atomic E-state index is -0.270. The lowest BCUT2D eigenvalue weighted by Gasteiger charge is -2.30. The molecule has 1 aromatic carbocycles. The zero-order valence-corrected chi connectivity index (χ0v) is 13.6. The van der Waals surface area contributed by atoms with Crippen LogP contribution >= 0.6 is 0 Å². The lowest BCUT2D eigenvalue weighted by atomic mass is 9.92. The maximum atomic E-state index is 13.0. The number of carbonyl (C=O) groups excluding carboxylic acids is 1. The van der Waals surface area contributed by atoms with Crippen LogP contribution in [0.1, 0.15) is 35.7 Å². The molecule has 1 aromatic heterocycles. The van der Waals surface area contributed by atoms with E-state index in [1.807, 2.05) is 12.1 Å². The number of likely N-dealkylation sites (tertiary alicyclic amines) is 1. The van der Waals surface area contributed by atoms with Gasteiger partial charge in [-0.1, -0.05) is 18.2 Å². The van der Waals surface area contributed by atoms with E-state index in [9.17, 15) is 9.18 Å². The van der Waals surface area contributed by atoms with Crippen molar-refractivity contribution in [2.24, 2.45) is 5.73 Å². The summed E-state index contributed by atoms with van der Waals surface area (Å²) < 4.78 is 13.0. The van der Waals surface area contributed by atoms with Gasteiger partial charge < -0.3 is 5.73 Å². The Labute approximate surface area is 141 Å². The Balaban J connectivity index is 1.63. The molecule has 126 valence electrons. The number of rotatable bonds is 5. The SMILES string of the molecule is NC(=O)CN1CCC(c2cccc(Cc3ccc(F)cc3)n2)CC1. The first-order chi connectivity index (χ1) is 11.6. The number of halogens is 1. The van der Waals surface area contributed by atoms with Gasteiger partial charge in [-0.2, -0.15) is 0 Å². The lowest BCUT2D eigenvalue weighted by molar-refractivity contribution is -0.119. The van der Waals surface area contributed by atoms with E-state index in [1.165, 1.54) is 12.1 Å². The third-order valence-corrected chi connectivity index (χ3v) is 4.51. The molecule has 0 saturated carbocycles. The molecule has 1 fully saturated rings. The molecule has 1 saturated heterocycles. The van der Waals surface area contributed by atoms with Crippen LogP contribution in [0.4, 0.5) is 4.39 Å². The van der Waals surface area contributed by atoms with Gasteiger partial charge in [0.05, 0.1) is 6.54 Å². The minimum Gasteiger partial charge on any atom is -0.369 e. The summed E-state index contributed by atoms with van der Waals surface area (Å²) in [6.45, 7) is 2.08. The van der Waals surface area contributed by atoms with Crippen molar-refractivity contribution in [3.63, 3.8) is 0 Å². The zero-order valence-electron chi connectivity index (χ0n) is 13.6. The molecule has 24 heavy (non-hydrogen) atoms. The number of hydrogen-bond donors (Lipinski definition) is 1. The van der Waals surface area contributed by atoms with Crippen molar-refractivity contribution in [3.8, 4) is 0 Å². The highest BCUT2D eigenvalue weighted by atomic mass is 19.1. The average molecular weight is 327 g/mol. The second kappa shape index (κ2) is 7.53. The van der Waals surface area contributed by atoms with Crippen LogP contribution in [-0.2, 0) is 11.2 Å². The molecule has 0 spiro atoms. The van der Waals surface area contributed by atoms with Gasteiger partial charge >= 0.3 is 0 Å². The number of piperidine rings is 1. The number of nitrogens with two attached hydrogens (primary N) is 1. The molecule has 2 N–H and O–H groups in total. The van der Waals surface area contributed by atoms with Crippen molar-refractivity contribution in [3.05, 3.63) is 65.2 Å². The monoisotopic (exact) mass is 327 g/mol. The molecule has 4 nitrogen and oxygen atoms in total. The summed E-state index contributed by atoms with van der Waals surface area (Å²) >= 11 is 0. The van der Waals surface area contributed by atoms with Gasteiger partial charge in [-0.15, -0.1) is 0 Å². The third-order valence-electron chi connectivity index (χ3n) is 4.51. The van der Waals surface area contributed by atoms with E-state index in [1.54, 1.807) is 12.1 Å². The molecule has 5 heteroatoms. The fraction of sp³-hybridized carbons (Fsp3) is 0.368. The topological polar surface area (TPSA) is 59.2 Å². The van der Waals surface area contributed by atoms with Gasteiger partial charge in [-0.05, 0) is 55.8 Å². The smallest absolute Gasteiger partial charge is 0.231 e. The molecule has 1 amide bonds. The Bertz CT molecular complexity index is 694. The lowest BCUT2D eigenvalue weighted by Crippen LogP contribution is -2.39. The van der Waals surface area contributed by atoms with Gasteiger partial charge in [0.15, 0.2) is 0 Å². The molecule has 2 heterocycles. The van der Waals surface area contributed by atoms with Gasteiger partial charge in [0.25, 0.3) is 0 Å². The molecule has 0 unspecified atom stereocenters. The van der Waals surface area contributed by atoms with Crippen molar-refractivity contribution in [1.29, 1.82) is 0 Å². The standard InChI is InChI=1S/C19H22FN3O/c20-16-6-4-14(5-7-16)12-17-2-1-3-18(22-17)15-8-10-23(11-9-15)13-19(21)24/h1-7,15H,8-13H2,(H2,21,24). The number of hydrogen-bond acceptors (Lipinski definition) is 3. The van der Waals surface area contributed by atoms with Crippen LogP contribution in [0.2, 0.25) is 0 Å². The van der Waals surface area contributed by atoms with Crippen LogP contribution in [0.5, 0.6) is 0 Å². The number of primary amides is 1. The largest absolute Gasteiger partial charge is 0.369 e. The average Bonchev–Trinajstić information content (AvgIpc) is 2.57. The molecule has 0 bridgehead atoms. The van der Waals surface area contributed by atoms with Crippen molar-refractivity contribution >= 4 is 5.91 Å². The van der Waals surface area contributed by atoms with E-state index in [0.29, 0.717) is 18.9 Å². The second-order valence-electron chi connectivity index (χ2n) is 6.37. The van der Waals surface area contributed by atoms with Crippen molar-refractivity contribution in [2.45, 2.75) is 25.2 Å². The maximum absolute atomic E-state index is 13.0. The summed E-state index contributed by atoms with van der Waals surface area (Å²) in [6.07, 6.45) is 2.68. The van der Waals surface area contributed by atoms with E-state index >= 15 is 0 Å². The Morgan fingerprint density at radius 1 is 1.17 bits per heavy atom. The van der Waals surface area contributed by atoms with E-state index in [-0.39, 0.29) is 11.7 Å². The highest BCUT2D eigenvalue weighted by molar-refractivity contribution is 5.75. The van der Waals surface area contributed by atoms with Gasteiger partial charge in [0.2, 0.25) is 5.91 Å². The number of amides is 1. The normalized spacial score (nSPS) is 16.2. The number of carbonyl (C=O) groups is 1. The molecule has 1 aliphatic heterocycles. The Kier molecular flexibility index (Phi) is 5.20. The molecule has 0 aliphatic carbocycles. The molecular formula is C19H22FN3O. The maximum Gasteiger partial charge on any atom is 0.231 e. The Morgan fingerprint density at radius 3 is 2.54 bits per heavy atom. The van der Waals surface area contributed by atoms with E-state index < -0.39 is 0 Å². The van der Waals surface area contributed by atoms with Gasteiger partial charge in [-0.3, -0.25) is 14.7 Å². The summed E-state index contributed by atoms with van der Waals surface area (Å²) in [5, 5.41) is 0. The quantitative estimate of drug-likeness (QED) is 0.918. The van der Waals surface area contributed by atoms with Gasteiger partial charge in [0, 0.05) is 23.7 Å². The van der Waals surface area contributed by atoms with Crippen LogP contribution in [0.3, 0.4) is 0 Å². The summed E-state index contributed by atoms with van der Waals surface area (Å²) in [5.41, 5.74) is 8.41. The van der Waals surface area contributed by atoms with Crippen molar-refractivity contribution in [1.82, 2.24) is 9.88 Å². The van der Waals surface area contributed by atoms with Crippen molar-refractivity contribution in [2.75, 3.05) is 19.6 Å². The van der Waals surface area contributed by atoms with Crippen LogP contribution in [0.25, 0.3) is 0 Å². The van der Waals surface area contributed by atoms with E-state index in [4.69, 9.17) is 10.7 Å². The summed E-state index contributed by atoms with van der Waals surface area (Å²) in [7, 11) is 0. The minimum absolute atomic E-state index is 0.219. The fourth-order valence-corrected chi connectivity index (χ4v) is 3.24. The Morgan fingerprint density at radius 2 is 1.88 bits per heavy atom. The van der Waals surface area contributed by atoms with Crippen LogP contribution in [0, 0.1) is 5.82 Å². The predicted molar refractivity (Wildman–Crippen MR) is 91.1 cm³/mol. The number of nitrogens with zero attached hydrogens (tertiary/aromatic N) is 2. The predicted octanol–water partition coefficient (Wildman–Crippen LogP) is 2.48. The molecule has 3 rings (SSSR count).